The summed E-state index contributed by atoms with van der Waals surface area (Å²) in [7, 11) is 0. The molecule has 5 heteroatoms. The van der Waals surface area contributed by atoms with Crippen molar-refractivity contribution in [3.8, 4) is 23.1 Å². The number of allylic oxidation sites excluding steroid dienone is 1. The predicted molar refractivity (Wildman–Crippen MR) is 160 cm³/mol. The fraction of sp³-hybridized carbons (Fsp3) is 0.143. The molecule has 0 saturated carbocycles. The van der Waals surface area contributed by atoms with Gasteiger partial charge in [-0.05, 0) is 46.9 Å². The molecular formula is C35H30N2O3. The molecule has 198 valence electrons. The van der Waals surface area contributed by atoms with Crippen molar-refractivity contribution in [1.82, 2.24) is 5.32 Å². The van der Waals surface area contributed by atoms with Crippen LogP contribution in [0.5, 0.6) is 5.75 Å². The highest BCUT2D eigenvalue weighted by Gasteiger charge is 2.22. The van der Waals surface area contributed by atoms with Crippen molar-refractivity contribution in [2.24, 2.45) is 5.92 Å². The predicted octanol–water partition coefficient (Wildman–Crippen LogP) is 8.13. The van der Waals surface area contributed by atoms with Crippen LogP contribution in [-0.4, -0.2) is 12.5 Å². The Morgan fingerprint density at radius 3 is 2.33 bits per heavy atom. The number of carbonyl (C=O) groups is 1. The van der Waals surface area contributed by atoms with E-state index < -0.39 is 0 Å². The average Bonchev–Trinajstić information content (AvgIpc) is 3.38. The highest BCUT2D eigenvalue weighted by Crippen LogP contribution is 2.34. The molecule has 5 aromatic rings. The van der Waals surface area contributed by atoms with Gasteiger partial charge in [0, 0.05) is 17.5 Å². The lowest BCUT2D eigenvalue weighted by Gasteiger charge is -2.09. The van der Waals surface area contributed by atoms with E-state index in [1.165, 1.54) is 0 Å². The zero-order valence-corrected chi connectivity index (χ0v) is 22.6. The van der Waals surface area contributed by atoms with Crippen molar-refractivity contribution in [3.05, 3.63) is 125 Å². The van der Waals surface area contributed by atoms with E-state index >= 15 is 0 Å². The third-order valence-electron chi connectivity index (χ3n) is 6.51. The molecule has 0 unspecified atom stereocenters. The molecule has 1 amide bonds. The van der Waals surface area contributed by atoms with Crippen molar-refractivity contribution in [3.63, 3.8) is 0 Å². The molecule has 0 saturated heterocycles. The first-order chi connectivity index (χ1) is 19.5. The van der Waals surface area contributed by atoms with Crippen LogP contribution < -0.4 is 10.1 Å². The summed E-state index contributed by atoms with van der Waals surface area (Å²) < 4.78 is 12.0. The van der Waals surface area contributed by atoms with Gasteiger partial charge in [0.2, 0.25) is 0 Å². The Balaban J connectivity index is 1.36. The van der Waals surface area contributed by atoms with Crippen LogP contribution in [0.15, 0.2) is 108 Å². The smallest absolute Gasteiger partial charge is 0.255 e. The highest BCUT2D eigenvalue weighted by atomic mass is 16.5. The van der Waals surface area contributed by atoms with Gasteiger partial charge in [-0.2, -0.15) is 5.26 Å². The Kier molecular flexibility index (Phi) is 8.08. The minimum absolute atomic E-state index is 0.161. The average molecular weight is 527 g/mol. The molecule has 0 bridgehead atoms. The normalized spacial score (nSPS) is 11.4. The Labute approximate surface area is 234 Å². The number of nitriles is 1. The van der Waals surface area contributed by atoms with E-state index in [1.807, 2.05) is 109 Å². The molecule has 1 N–H and O–H groups in total. The molecule has 0 atom stereocenters. The van der Waals surface area contributed by atoms with E-state index in [-0.39, 0.29) is 5.91 Å². The number of benzene rings is 4. The van der Waals surface area contributed by atoms with Crippen molar-refractivity contribution in [2.45, 2.75) is 20.5 Å². The number of hydrogen-bond donors (Lipinski definition) is 1. The number of hydrogen-bond acceptors (Lipinski definition) is 4. The molecule has 5 rings (SSSR count). The molecule has 5 nitrogen and oxygen atoms in total. The van der Waals surface area contributed by atoms with Gasteiger partial charge < -0.3 is 14.5 Å². The summed E-state index contributed by atoms with van der Waals surface area (Å²) in [4.78, 5) is 13.1. The second-order valence-corrected chi connectivity index (χ2v) is 10.00. The number of para-hydroxylation sites is 1. The molecule has 0 aliphatic heterocycles. The Morgan fingerprint density at radius 2 is 1.62 bits per heavy atom. The Bertz CT molecular complexity index is 1670. The Morgan fingerprint density at radius 1 is 0.925 bits per heavy atom. The summed E-state index contributed by atoms with van der Waals surface area (Å²) >= 11 is 0. The first-order valence-electron chi connectivity index (χ1n) is 13.3. The largest absolute Gasteiger partial charge is 0.489 e. The maximum atomic E-state index is 13.1. The van der Waals surface area contributed by atoms with Gasteiger partial charge in [0.1, 0.15) is 23.7 Å². The summed E-state index contributed by atoms with van der Waals surface area (Å²) in [6, 6.07) is 35.1. The Hall–Kier alpha value is -5.08. The van der Waals surface area contributed by atoms with Crippen molar-refractivity contribution < 1.29 is 13.9 Å². The minimum atomic E-state index is -0.161. The van der Waals surface area contributed by atoms with Crippen LogP contribution in [0.1, 0.15) is 40.9 Å². The summed E-state index contributed by atoms with van der Waals surface area (Å²) in [5, 5.41) is 13.7. The second-order valence-electron chi connectivity index (χ2n) is 10.00. The first kappa shape index (κ1) is 26.5. The summed E-state index contributed by atoms with van der Waals surface area (Å²) in [5.74, 6) is 1.45. The molecule has 1 heterocycles. The van der Waals surface area contributed by atoms with Crippen LogP contribution in [-0.2, 0) is 6.61 Å². The van der Waals surface area contributed by atoms with Gasteiger partial charge in [0.05, 0.1) is 17.2 Å². The molecule has 40 heavy (non-hydrogen) atoms. The second kappa shape index (κ2) is 12.2. The topological polar surface area (TPSA) is 75.3 Å². The van der Waals surface area contributed by atoms with E-state index in [2.05, 4.69) is 25.2 Å². The number of nitrogens with one attached hydrogen (secondary N) is 1. The van der Waals surface area contributed by atoms with E-state index in [0.29, 0.717) is 41.5 Å². The molecule has 0 aliphatic rings. The van der Waals surface area contributed by atoms with Gasteiger partial charge in [-0.1, -0.05) is 98.8 Å². The van der Waals surface area contributed by atoms with Crippen molar-refractivity contribution >= 4 is 28.5 Å². The lowest BCUT2D eigenvalue weighted by Crippen LogP contribution is -2.27. The van der Waals surface area contributed by atoms with Gasteiger partial charge in [-0.3, -0.25) is 4.79 Å². The van der Waals surface area contributed by atoms with Gasteiger partial charge in [-0.25, -0.2) is 0 Å². The maximum absolute atomic E-state index is 13.1. The zero-order valence-electron chi connectivity index (χ0n) is 22.6. The van der Waals surface area contributed by atoms with Gasteiger partial charge in [0.25, 0.3) is 5.91 Å². The molecule has 0 radical (unpaired) electrons. The van der Waals surface area contributed by atoms with E-state index in [1.54, 1.807) is 0 Å². The quantitative estimate of drug-likeness (QED) is 0.155. The van der Waals surface area contributed by atoms with Crippen LogP contribution in [0, 0.1) is 17.2 Å². The number of amides is 1. The van der Waals surface area contributed by atoms with E-state index in [0.717, 1.165) is 33.4 Å². The molecule has 0 fully saturated rings. The van der Waals surface area contributed by atoms with Gasteiger partial charge >= 0.3 is 0 Å². The number of fused-ring (bicyclic) bond motifs is 1. The maximum Gasteiger partial charge on any atom is 0.255 e. The number of furan rings is 1. The highest BCUT2D eigenvalue weighted by molar-refractivity contribution is 6.11. The van der Waals surface area contributed by atoms with Gasteiger partial charge in [-0.15, -0.1) is 0 Å². The van der Waals surface area contributed by atoms with Crippen LogP contribution in [0.4, 0.5) is 0 Å². The fourth-order valence-corrected chi connectivity index (χ4v) is 4.41. The lowest BCUT2D eigenvalue weighted by atomic mass is 9.99. The monoisotopic (exact) mass is 526 g/mol. The number of nitrogens with zero attached hydrogens (tertiary/aromatic N) is 1. The van der Waals surface area contributed by atoms with E-state index in [9.17, 15) is 10.1 Å². The molecular weight excluding hydrogens is 496 g/mol. The zero-order chi connectivity index (χ0) is 27.9. The summed E-state index contributed by atoms with van der Waals surface area (Å²) in [6.45, 7) is 5.19. The molecule has 0 spiro atoms. The van der Waals surface area contributed by atoms with Crippen LogP contribution in [0.3, 0.4) is 0 Å². The summed E-state index contributed by atoms with van der Waals surface area (Å²) in [6.07, 6.45) is 1.85. The van der Waals surface area contributed by atoms with Crippen LogP contribution in [0.25, 0.3) is 33.9 Å². The molecule has 1 aromatic heterocycles. The van der Waals surface area contributed by atoms with Crippen molar-refractivity contribution in [1.29, 1.82) is 5.26 Å². The SMILES string of the molecule is CC(C)CNC(=O)c1c(-c2ccc(/C(C#N)=C/c3ccc(OCc4ccccc4)cc3)cc2)oc2ccccc12. The standard InChI is InChI=1S/C35H30N2O3/c1-24(2)22-37-35(38)33-31-10-6-7-11-32(31)40-34(33)28-16-14-27(15-17-28)29(21-36)20-25-12-18-30(19-13-25)39-23-26-8-4-3-5-9-26/h3-20,24H,22-23H2,1-2H3,(H,37,38)/b29-20+. The molecule has 0 aliphatic carbocycles. The van der Waals surface area contributed by atoms with Gasteiger partial charge in [0.15, 0.2) is 0 Å². The van der Waals surface area contributed by atoms with E-state index in [4.69, 9.17) is 9.15 Å². The van der Waals surface area contributed by atoms with Crippen molar-refractivity contribution in [2.75, 3.05) is 6.54 Å². The summed E-state index contributed by atoms with van der Waals surface area (Å²) in [5.41, 5.74) is 5.26. The number of rotatable bonds is 9. The first-order valence-corrected chi connectivity index (χ1v) is 13.3. The third kappa shape index (κ3) is 6.14. The fourth-order valence-electron chi connectivity index (χ4n) is 4.41. The number of carbonyl (C=O) groups excluding carboxylic acids is 1. The van der Waals surface area contributed by atoms with Crippen LogP contribution in [0.2, 0.25) is 0 Å². The minimum Gasteiger partial charge on any atom is -0.489 e. The lowest BCUT2D eigenvalue weighted by molar-refractivity contribution is 0.0950. The molecule has 4 aromatic carbocycles. The third-order valence-corrected chi connectivity index (χ3v) is 6.51. The van der Waals surface area contributed by atoms with Crippen LogP contribution >= 0.6 is 0 Å². The number of ether oxygens (including phenoxy) is 1.